The zero-order valence-electron chi connectivity index (χ0n) is 16.5. The van der Waals surface area contributed by atoms with Crippen molar-refractivity contribution >= 4 is 11.8 Å². The van der Waals surface area contributed by atoms with Crippen LogP contribution >= 0.6 is 0 Å². The number of halogens is 1. The lowest BCUT2D eigenvalue weighted by Gasteiger charge is -2.33. The molecule has 27 heavy (non-hydrogen) atoms. The van der Waals surface area contributed by atoms with Crippen molar-refractivity contribution in [1.82, 2.24) is 14.9 Å². The smallest absolute Gasteiger partial charge is 0.225 e. The molecular formula is C21H30FN5. The van der Waals surface area contributed by atoms with Gasteiger partial charge in [-0.25, -0.2) is 9.37 Å². The first kappa shape index (κ1) is 19.5. The van der Waals surface area contributed by atoms with Gasteiger partial charge in [-0.1, -0.05) is 38.1 Å². The highest BCUT2D eigenvalue weighted by Crippen LogP contribution is 2.18. The lowest BCUT2D eigenvalue weighted by Crippen LogP contribution is -2.41. The number of aromatic nitrogens is 2. The van der Waals surface area contributed by atoms with Crippen molar-refractivity contribution in [3.8, 4) is 0 Å². The van der Waals surface area contributed by atoms with Crippen LogP contribution < -0.4 is 10.6 Å². The fourth-order valence-electron chi connectivity index (χ4n) is 3.62. The van der Waals surface area contributed by atoms with Gasteiger partial charge in [-0.05, 0) is 42.9 Å². The Labute approximate surface area is 161 Å². The minimum Gasteiger partial charge on any atom is -0.371 e. The van der Waals surface area contributed by atoms with Crippen molar-refractivity contribution in [2.24, 2.45) is 5.92 Å². The fourth-order valence-corrected chi connectivity index (χ4v) is 3.62. The summed E-state index contributed by atoms with van der Waals surface area (Å²) in [5.41, 5.74) is 2.75. The van der Waals surface area contributed by atoms with Gasteiger partial charge in [0.1, 0.15) is 0 Å². The van der Waals surface area contributed by atoms with E-state index in [1.54, 1.807) is 7.05 Å². The normalized spacial score (nSPS) is 17.9. The average Bonchev–Trinajstić information content (AvgIpc) is 2.65. The molecule has 0 saturated carbocycles. The van der Waals surface area contributed by atoms with E-state index in [-0.39, 0.29) is 11.9 Å². The Bertz CT molecular complexity index is 732. The number of benzene rings is 1. The number of anilines is 2. The van der Waals surface area contributed by atoms with Crippen molar-refractivity contribution < 1.29 is 4.39 Å². The summed E-state index contributed by atoms with van der Waals surface area (Å²) in [5, 5.41) is 6.11. The van der Waals surface area contributed by atoms with Gasteiger partial charge >= 0.3 is 0 Å². The van der Waals surface area contributed by atoms with Gasteiger partial charge in [0.25, 0.3) is 0 Å². The topological polar surface area (TPSA) is 53.1 Å². The van der Waals surface area contributed by atoms with Crippen molar-refractivity contribution in [3.05, 3.63) is 47.4 Å². The maximum Gasteiger partial charge on any atom is 0.225 e. The lowest BCUT2D eigenvalue weighted by atomic mass is 10.0. The number of piperidine rings is 1. The fraction of sp³-hybridized carbons (Fsp3) is 0.524. The zero-order chi connectivity index (χ0) is 19.2. The average molecular weight is 372 g/mol. The summed E-state index contributed by atoms with van der Waals surface area (Å²) in [5.74, 6) is 0.948. The third-order valence-corrected chi connectivity index (χ3v) is 4.89. The molecule has 0 amide bonds. The molecule has 2 N–H and O–H groups in total. The molecule has 1 fully saturated rings. The van der Waals surface area contributed by atoms with Crippen molar-refractivity contribution in [2.75, 3.05) is 30.8 Å². The quantitative estimate of drug-likeness (QED) is 0.772. The van der Waals surface area contributed by atoms with Crippen LogP contribution in [-0.4, -0.2) is 41.0 Å². The van der Waals surface area contributed by atoms with Crippen molar-refractivity contribution in [3.63, 3.8) is 0 Å². The predicted molar refractivity (Wildman–Crippen MR) is 108 cm³/mol. The highest BCUT2D eigenvalue weighted by atomic mass is 19.1. The molecule has 0 aliphatic carbocycles. The van der Waals surface area contributed by atoms with Gasteiger partial charge in [-0.2, -0.15) is 4.98 Å². The van der Waals surface area contributed by atoms with Gasteiger partial charge in [-0.3, -0.25) is 4.90 Å². The van der Waals surface area contributed by atoms with E-state index in [1.807, 2.05) is 0 Å². The number of hydrogen-bond donors (Lipinski definition) is 2. The van der Waals surface area contributed by atoms with E-state index in [0.29, 0.717) is 11.9 Å². The Morgan fingerprint density at radius 3 is 2.67 bits per heavy atom. The molecule has 2 heterocycles. The molecule has 5 nitrogen and oxygen atoms in total. The molecule has 1 atom stereocenters. The highest BCUT2D eigenvalue weighted by molar-refractivity contribution is 5.40. The van der Waals surface area contributed by atoms with E-state index in [2.05, 4.69) is 63.6 Å². The zero-order valence-corrected chi connectivity index (χ0v) is 16.5. The summed E-state index contributed by atoms with van der Waals surface area (Å²) in [6.45, 7) is 7.48. The Morgan fingerprint density at radius 1 is 1.22 bits per heavy atom. The molecule has 1 aromatic heterocycles. The second-order valence-electron chi connectivity index (χ2n) is 7.77. The van der Waals surface area contributed by atoms with Crippen LogP contribution in [0.1, 0.15) is 37.8 Å². The van der Waals surface area contributed by atoms with Crippen molar-refractivity contribution in [1.29, 1.82) is 0 Å². The van der Waals surface area contributed by atoms with Crippen LogP contribution in [0.5, 0.6) is 0 Å². The molecule has 1 aliphatic rings. The summed E-state index contributed by atoms with van der Waals surface area (Å²) in [6.07, 6.45) is 4.53. The third kappa shape index (κ3) is 5.63. The van der Waals surface area contributed by atoms with E-state index in [0.717, 1.165) is 38.9 Å². The molecule has 1 saturated heterocycles. The Hall–Kier alpha value is -2.21. The standard InChI is InChI=1S/C21H30FN5/c1-15(2)11-16-6-8-17(9-7-16)13-27-10-4-5-18(14-27)25-21-24-12-19(22)20(23-3)26-21/h6-9,12,15,18H,4-5,10-11,13-14H2,1-3H3,(H2,23,24,25,26)/t18-/m1/s1. The maximum atomic E-state index is 13.5. The molecule has 0 unspecified atom stereocenters. The molecule has 0 bridgehead atoms. The van der Waals surface area contributed by atoms with Crippen LogP contribution in [0.3, 0.4) is 0 Å². The monoisotopic (exact) mass is 371 g/mol. The summed E-state index contributed by atoms with van der Waals surface area (Å²) >= 11 is 0. The van der Waals surface area contributed by atoms with Crippen LogP contribution in [0.2, 0.25) is 0 Å². The van der Waals surface area contributed by atoms with Gasteiger partial charge in [0.2, 0.25) is 5.95 Å². The minimum absolute atomic E-state index is 0.224. The second-order valence-corrected chi connectivity index (χ2v) is 7.77. The number of likely N-dealkylation sites (tertiary alicyclic amines) is 1. The molecule has 1 aromatic carbocycles. The summed E-state index contributed by atoms with van der Waals surface area (Å²) in [7, 11) is 1.66. The first-order valence-corrected chi connectivity index (χ1v) is 9.80. The minimum atomic E-state index is -0.436. The first-order chi connectivity index (χ1) is 13.0. The maximum absolute atomic E-state index is 13.5. The lowest BCUT2D eigenvalue weighted by molar-refractivity contribution is 0.208. The van der Waals surface area contributed by atoms with Gasteiger partial charge in [0.05, 0.1) is 6.20 Å². The van der Waals surface area contributed by atoms with E-state index < -0.39 is 5.82 Å². The van der Waals surface area contributed by atoms with Crippen LogP contribution in [0.25, 0.3) is 0 Å². The Kier molecular flexibility index (Phi) is 6.61. The van der Waals surface area contributed by atoms with Gasteiger partial charge < -0.3 is 10.6 Å². The van der Waals surface area contributed by atoms with Crippen molar-refractivity contribution in [2.45, 2.75) is 45.7 Å². The van der Waals surface area contributed by atoms with E-state index in [4.69, 9.17) is 0 Å². The summed E-state index contributed by atoms with van der Waals surface area (Å²) in [6, 6.07) is 9.27. The SMILES string of the molecule is CNc1nc(N[C@@H]2CCCN(Cc3ccc(CC(C)C)cc3)C2)ncc1F. The van der Waals surface area contributed by atoms with Crippen LogP contribution in [0, 0.1) is 11.7 Å². The molecule has 146 valence electrons. The van der Waals surface area contributed by atoms with Crippen LogP contribution in [-0.2, 0) is 13.0 Å². The molecule has 6 heteroatoms. The number of rotatable bonds is 7. The largest absolute Gasteiger partial charge is 0.371 e. The summed E-state index contributed by atoms with van der Waals surface area (Å²) < 4.78 is 13.5. The highest BCUT2D eigenvalue weighted by Gasteiger charge is 2.21. The number of nitrogens with zero attached hydrogens (tertiary/aromatic N) is 3. The summed E-state index contributed by atoms with van der Waals surface area (Å²) in [4.78, 5) is 10.7. The van der Waals surface area contributed by atoms with Crippen LogP contribution in [0.15, 0.2) is 30.5 Å². The van der Waals surface area contributed by atoms with Gasteiger partial charge in [-0.15, -0.1) is 0 Å². The number of hydrogen-bond acceptors (Lipinski definition) is 5. The molecular weight excluding hydrogens is 341 g/mol. The molecule has 1 aliphatic heterocycles. The van der Waals surface area contributed by atoms with E-state index in [1.165, 1.54) is 17.3 Å². The van der Waals surface area contributed by atoms with E-state index in [9.17, 15) is 4.39 Å². The van der Waals surface area contributed by atoms with Gasteiger partial charge in [0.15, 0.2) is 11.6 Å². The Balaban J connectivity index is 1.56. The molecule has 0 spiro atoms. The Morgan fingerprint density at radius 2 is 1.96 bits per heavy atom. The molecule has 0 radical (unpaired) electrons. The van der Waals surface area contributed by atoms with Crippen LogP contribution in [0.4, 0.5) is 16.2 Å². The first-order valence-electron chi connectivity index (χ1n) is 9.80. The third-order valence-electron chi connectivity index (χ3n) is 4.89. The molecule has 2 aromatic rings. The number of nitrogens with one attached hydrogen (secondary N) is 2. The molecule has 3 rings (SSSR count). The second kappa shape index (κ2) is 9.13. The predicted octanol–water partition coefficient (Wildman–Crippen LogP) is 3.93. The van der Waals surface area contributed by atoms with Gasteiger partial charge in [0, 0.05) is 26.2 Å². The van der Waals surface area contributed by atoms with E-state index >= 15 is 0 Å².